The van der Waals surface area contributed by atoms with Crippen molar-refractivity contribution in [3.63, 3.8) is 0 Å². The molecular formula is C62H40N2. The maximum atomic E-state index is 2.46. The van der Waals surface area contributed by atoms with E-state index in [-0.39, 0.29) is 0 Å². The third-order valence-electron chi connectivity index (χ3n) is 13.3. The molecule has 0 aliphatic carbocycles. The van der Waals surface area contributed by atoms with Gasteiger partial charge in [-0.25, -0.2) is 0 Å². The highest BCUT2D eigenvalue weighted by Gasteiger charge is 2.19. The van der Waals surface area contributed by atoms with E-state index in [1.165, 1.54) is 110 Å². The van der Waals surface area contributed by atoms with Crippen LogP contribution in [0.25, 0.3) is 121 Å². The fourth-order valence-corrected chi connectivity index (χ4v) is 10.4. The maximum Gasteiger partial charge on any atom is 0.0541 e. The van der Waals surface area contributed by atoms with Gasteiger partial charge in [0.1, 0.15) is 0 Å². The van der Waals surface area contributed by atoms with E-state index in [4.69, 9.17) is 0 Å². The Morgan fingerprint density at radius 2 is 0.578 bits per heavy atom. The van der Waals surface area contributed by atoms with Crippen LogP contribution in [-0.4, -0.2) is 9.13 Å². The molecule has 11 aromatic carbocycles. The first-order valence-corrected chi connectivity index (χ1v) is 22.1. The monoisotopic (exact) mass is 812 g/mol. The SMILES string of the molecule is c1ccc(-c2ccc(-c3c4cccc(-c5ccc6c(c5)c5ccccc5n6-c5ccccc5)c4cc4c(-c5ccc6c(c5)c5ccccc5n6-c5ccccc5)cccc34)cc2)cc1. The van der Waals surface area contributed by atoms with E-state index in [0.29, 0.717) is 0 Å². The molecule has 0 atom stereocenters. The highest BCUT2D eigenvalue weighted by molar-refractivity contribution is 6.20. The second-order valence-electron chi connectivity index (χ2n) is 16.8. The standard InChI is InChI=1S/C62H40N2/c1-4-16-41(17-5-1)42-30-32-43(33-31-42)62-52-26-14-24-48(44-34-36-60-56(38-44)50-22-10-12-28-58(50)63(60)46-18-6-2-7-19-46)54(52)40-55-49(25-15-27-53(55)62)45-35-37-61-57(39-45)51-23-11-13-29-59(51)64(61)47-20-8-3-9-21-47/h1-40H. The summed E-state index contributed by atoms with van der Waals surface area (Å²) in [6.07, 6.45) is 0. The second kappa shape index (κ2) is 14.6. The van der Waals surface area contributed by atoms with E-state index in [2.05, 4.69) is 252 Å². The van der Waals surface area contributed by atoms with Gasteiger partial charge < -0.3 is 9.13 Å². The minimum absolute atomic E-state index is 1.16. The first-order chi connectivity index (χ1) is 31.8. The molecule has 0 saturated heterocycles. The summed E-state index contributed by atoms with van der Waals surface area (Å²) in [6, 6.07) is 89.1. The summed E-state index contributed by atoms with van der Waals surface area (Å²) < 4.78 is 4.78. The molecule has 0 radical (unpaired) electrons. The molecule has 0 spiro atoms. The minimum atomic E-state index is 1.16. The average molecular weight is 813 g/mol. The lowest BCUT2D eigenvalue weighted by molar-refractivity contribution is 1.18. The van der Waals surface area contributed by atoms with E-state index >= 15 is 0 Å². The lowest BCUT2D eigenvalue weighted by atomic mass is 9.86. The van der Waals surface area contributed by atoms with Crippen molar-refractivity contribution in [3.8, 4) is 55.9 Å². The first kappa shape index (κ1) is 36.2. The van der Waals surface area contributed by atoms with Crippen molar-refractivity contribution in [3.05, 3.63) is 243 Å². The van der Waals surface area contributed by atoms with Crippen LogP contribution in [0.5, 0.6) is 0 Å². The topological polar surface area (TPSA) is 9.86 Å². The molecule has 2 heteroatoms. The van der Waals surface area contributed by atoms with E-state index in [9.17, 15) is 0 Å². The Labute approximate surface area is 371 Å². The van der Waals surface area contributed by atoms with Crippen molar-refractivity contribution in [2.75, 3.05) is 0 Å². The van der Waals surface area contributed by atoms with E-state index in [1.54, 1.807) is 0 Å². The highest BCUT2D eigenvalue weighted by Crippen LogP contribution is 2.45. The molecule has 13 rings (SSSR count). The molecule has 0 aliphatic rings. The number of hydrogen-bond donors (Lipinski definition) is 0. The fraction of sp³-hybridized carbons (Fsp3) is 0. The Kier molecular flexibility index (Phi) is 8.25. The second-order valence-corrected chi connectivity index (χ2v) is 16.8. The molecule has 0 amide bonds. The molecule has 0 fully saturated rings. The number of hydrogen-bond acceptors (Lipinski definition) is 0. The Balaban J connectivity index is 1.07. The average Bonchev–Trinajstić information content (AvgIpc) is 3.88. The summed E-state index contributed by atoms with van der Waals surface area (Å²) in [5.41, 5.74) is 16.9. The Hall–Kier alpha value is -8.46. The van der Waals surface area contributed by atoms with Gasteiger partial charge in [-0.1, -0.05) is 176 Å². The van der Waals surface area contributed by atoms with Crippen LogP contribution in [0.4, 0.5) is 0 Å². The van der Waals surface area contributed by atoms with Gasteiger partial charge in [0.2, 0.25) is 0 Å². The molecule has 0 saturated carbocycles. The van der Waals surface area contributed by atoms with E-state index in [0.717, 1.165) is 11.4 Å². The molecular weight excluding hydrogens is 773 g/mol. The molecule has 298 valence electrons. The van der Waals surface area contributed by atoms with Gasteiger partial charge in [0.25, 0.3) is 0 Å². The van der Waals surface area contributed by atoms with Crippen molar-refractivity contribution in [2.45, 2.75) is 0 Å². The lowest BCUT2D eigenvalue weighted by Gasteiger charge is -2.18. The largest absolute Gasteiger partial charge is 0.309 e. The summed E-state index contributed by atoms with van der Waals surface area (Å²) in [7, 11) is 0. The van der Waals surface area contributed by atoms with Crippen LogP contribution in [0, 0.1) is 0 Å². The van der Waals surface area contributed by atoms with Gasteiger partial charge in [-0.3, -0.25) is 0 Å². The van der Waals surface area contributed by atoms with Crippen molar-refractivity contribution < 1.29 is 0 Å². The smallest absolute Gasteiger partial charge is 0.0541 e. The van der Waals surface area contributed by atoms with Gasteiger partial charge >= 0.3 is 0 Å². The highest BCUT2D eigenvalue weighted by atomic mass is 15.0. The van der Waals surface area contributed by atoms with Crippen LogP contribution in [0.2, 0.25) is 0 Å². The number of rotatable bonds is 6. The van der Waals surface area contributed by atoms with Crippen LogP contribution >= 0.6 is 0 Å². The number of para-hydroxylation sites is 4. The van der Waals surface area contributed by atoms with Gasteiger partial charge in [-0.05, 0) is 133 Å². The van der Waals surface area contributed by atoms with Gasteiger partial charge in [0.05, 0.1) is 22.1 Å². The Morgan fingerprint density at radius 1 is 0.203 bits per heavy atom. The van der Waals surface area contributed by atoms with Gasteiger partial charge in [0, 0.05) is 32.9 Å². The van der Waals surface area contributed by atoms with Crippen molar-refractivity contribution in [1.82, 2.24) is 9.13 Å². The molecule has 2 aromatic heterocycles. The Morgan fingerprint density at radius 3 is 1.08 bits per heavy atom. The van der Waals surface area contributed by atoms with Crippen LogP contribution in [-0.2, 0) is 0 Å². The normalized spacial score (nSPS) is 11.8. The zero-order valence-corrected chi connectivity index (χ0v) is 35.0. The van der Waals surface area contributed by atoms with Crippen molar-refractivity contribution in [1.29, 1.82) is 0 Å². The van der Waals surface area contributed by atoms with Crippen LogP contribution in [0.1, 0.15) is 0 Å². The lowest BCUT2D eigenvalue weighted by Crippen LogP contribution is -1.93. The summed E-state index contributed by atoms with van der Waals surface area (Å²) in [5, 5.41) is 9.93. The molecule has 13 aromatic rings. The summed E-state index contributed by atoms with van der Waals surface area (Å²) >= 11 is 0. The molecule has 2 heterocycles. The van der Waals surface area contributed by atoms with E-state index in [1.807, 2.05) is 0 Å². The quantitative estimate of drug-likeness (QED) is 0.148. The van der Waals surface area contributed by atoms with Crippen LogP contribution in [0.15, 0.2) is 243 Å². The maximum absolute atomic E-state index is 2.46. The number of aromatic nitrogens is 2. The fourth-order valence-electron chi connectivity index (χ4n) is 10.4. The molecule has 0 aliphatic heterocycles. The van der Waals surface area contributed by atoms with E-state index < -0.39 is 0 Å². The summed E-state index contributed by atoms with van der Waals surface area (Å²) in [6.45, 7) is 0. The number of nitrogens with zero attached hydrogens (tertiary/aromatic N) is 2. The van der Waals surface area contributed by atoms with Crippen LogP contribution in [0.3, 0.4) is 0 Å². The summed E-state index contributed by atoms with van der Waals surface area (Å²) in [4.78, 5) is 0. The predicted octanol–water partition coefficient (Wildman–Crippen LogP) is 16.9. The number of benzene rings is 11. The van der Waals surface area contributed by atoms with Crippen molar-refractivity contribution in [2.24, 2.45) is 0 Å². The molecule has 0 unspecified atom stereocenters. The molecule has 2 nitrogen and oxygen atoms in total. The molecule has 0 bridgehead atoms. The van der Waals surface area contributed by atoms with Crippen LogP contribution < -0.4 is 0 Å². The Bertz CT molecular complexity index is 3700. The third kappa shape index (κ3) is 5.66. The predicted molar refractivity (Wildman–Crippen MR) is 272 cm³/mol. The summed E-state index contributed by atoms with van der Waals surface area (Å²) in [5.74, 6) is 0. The minimum Gasteiger partial charge on any atom is -0.309 e. The number of fused-ring (bicyclic) bond motifs is 8. The zero-order valence-electron chi connectivity index (χ0n) is 35.0. The van der Waals surface area contributed by atoms with Gasteiger partial charge in [-0.15, -0.1) is 0 Å². The zero-order chi connectivity index (χ0) is 42.1. The van der Waals surface area contributed by atoms with Gasteiger partial charge in [0.15, 0.2) is 0 Å². The van der Waals surface area contributed by atoms with Gasteiger partial charge in [-0.2, -0.15) is 0 Å². The first-order valence-electron chi connectivity index (χ1n) is 22.1. The third-order valence-corrected chi connectivity index (χ3v) is 13.3. The van der Waals surface area contributed by atoms with Crippen molar-refractivity contribution >= 4 is 65.2 Å². The molecule has 0 N–H and O–H groups in total. The molecule has 64 heavy (non-hydrogen) atoms.